The van der Waals surface area contributed by atoms with Crippen molar-refractivity contribution in [2.24, 2.45) is 5.92 Å². The molecule has 1 aliphatic rings. The predicted molar refractivity (Wildman–Crippen MR) is 94.4 cm³/mol. The number of aliphatic hydroxyl groups is 1. The van der Waals surface area contributed by atoms with Gasteiger partial charge in [0.1, 0.15) is 0 Å². The fourth-order valence-electron chi connectivity index (χ4n) is 3.11. The molecule has 2 atom stereocenters. The summed E-state index contributed by atoms with van der Waals surface area (Å²) in [7, 11) is 0. The molecule has 2 aromatic rings. The molecule has 1 fully saturated rings. The number of carbonyl (C=O) groups is 2. The summed E-state index contributed by atoms with van der Waals surface area (Å²) in [6, 6.07) is 18.6. The zero-order valence-electron chi connectivity index (χ0n) is 14.0. The van der Waals surface area contributed by atoms with E-state index in [0.29, 0.717) is 13.1 Å². The van der Waals surface area contributed by atoms with Crippen molar-refractivity contribution in [1.82, 2.24) is 10.2 Å². The van der Waals surface area contributed by atoms with Crippen LogP contribution in [0.1, 0.15) is 23.6 Å². The first-order chi connectivity index (χ1) is 12.2. The van der Waals surface area contributed by atoms with E-state index in [4.69, 9.17) is 0 Å². The molecule has 2 aromatic carbocycles. The Morgan fingerprint density at radius 2 is 1.76 bits per heavy atom. The molecule has 2 unspecified atom stereocenters. The SMILES string of the molecule is O=C(NC(CO)c1ccccc1)C1CC(=O)N(Cc2ccccc2)C1. The second-order valence-corrected chi connectivity index (χ2v) is 6.32. The lowest BCUT2D eigenvalue weighted by Crippen LogP contribution is -2.36. The molecule has 5 heteroatoms. The largest absolute Gasteiger partial charge is 0.394 e. The summed E-state index contributed by atoms with van der Waals surface area (Å²) in [6.07, 6.45) is 0.214. The number of rotatable bonds is 6. The Morgan fingerprint density at radius 3 is 2.40 bits per heavy atom. The van der Waals surface area contributed by atoms with Crippen LogP contribution in [0.5, 0.6) is 0 Å². The Morgan fingerprint density at radius 1 is 1.12 bits per heavy atom. The molecular weight excluding hydrogens is 316 g/mol. The summed E-state index contributed by atoms with van der Waals surface area (Å²) < 4.78 is 0. The summed E-state index contributed by atoms with van der Waals surface area (Å²) in [4.78, 5) is 26.5. The summed E-state index contributed by atoms with van der Waals surface area (Å²) >= 11 is 0. The smallest absolute Gasteiger partial charge is 0.225 e. The number of benzene rings is 2. The summed E-state index contributed by atoms with van der Waals surface area (Å²) in [5.74, 6) is -0.579. The van der Waals surface area contributed by atoms with Gasteiger partial charge in [0.2, 0.25) is 11.8 Å². The number of nitrogens with one attached hydrogen (secondary N) is 1. The number of carbonyl (C=O) groups excluding carboxylic acids is 2. The Balaban J connectivity index is 1.60. The highest BCUT2D eigenvalue weighted by atomic mass is 16.3. The van der Waals surface area contributed by atoms with Crippen LogP contribution in [0.15, 0.2) is 60.7 Å². The maximum atomic E-state index is 12.5. The summed E-state index contributed by atoms with van der Waals surface area (Å²) in [6.45, 7) is 0.752. The molecule has 0 aromatic heterocycles. The van der Waals surface area contributed by atoms with Gasteiger partial charge in [-0.2, -0.15) is 0 Å². The summed E-state index contributed by atoms with van der Waals surface area (Å²) in [5.41, 5.74) is 1.90. The molecule has 1 saturated heterocycles. The molecule has 5 nitrogen and oxygen atoms in total. The average molecular weight is 338 g/mol. The Labute approximate surface area is 147 Å². The molecule has 2 amide bonds. The van der Waals surface area contributed by atoms with Gasteiger partial charge in [-0.05, 0) is 11.1 Å². The van der Waals surface area contributed by atoms with E-state index in [1.165, 1.54) is 0 Å². The topological polar surface area (TPSA) is 69.6 Å². The predicted octanol–water partition coefficient (Wildman–Crippen LogP) is 1.88. The van der Waals surface area contributed by atoms with Gasteiger partial charge >= 0.3 is 0 Å². The first-order valence-electron chi connectivity index (χ1n) is 8.45. The van der Waals surface area contributed by atoms with Crippen LogP contribution in [0.3, 0.4) is 0 Å². The van der Waals surface area contributed by atoms with Gasteiger partial charge in [-0.3, -0.25) is 9.59 Å². The fraction of sp³-hybridized carbons (Fsp3) is 0.300. The number of likely N-dealkylation sites (tertiary alicyclic amines) is 1. The van der Waals surface area contributed by atoms with Gasteiger partial charge in [-0.15, -0.1) is 0 Å². The highest BCUT2D eigenvalue weighted by Gasteiger charge is 2.35. The molecule has 0 radical (unpaired) electrons. The minimum Gasteiger partial charge on any atom is -0.394 e. The number of amides is 2. The van der Waals surface area contributed by atoms with Crippen molar-refractivity contribution in [3.8, 4) is 0 Å². The Bertz CT molecular complexity index is 718. The van der Waals surface area contributed by atoms with Gasteiger partial charge < -0.3 is 15.3 Å². The van der Waals surface area contributed by atoms with Gasteiger partial charge in [0.25, 0.3) is 0 Å². The standard InChI is InChI=1S/C20H22N2O3/c23-14-18(16-9-5-2-6-10-16)21-20(25)17-11-19(24)22(13-17)12-15-7-3-1-4-8-15/h1-10,17-18,23H,11-14H2,(H,21,25). The van der Waals surface area contributed by atoms with E-state index in [9.17, 15) is 14.7 Å². The van der Waals surface area contributed by atoms with Crippen LogP contribution in [-0.2, 0) is 16.1 Å². The molecule has 1 heterocycles. The maximum absolute atomic E-state index is 12.5. The van der Waals surface area contributed by atoms with Crippen molar-refractivity contribution in [1.29, 1.82) is 0 Å². The van der Waals surface area contributed by atoms with E-state index in [1.54, 1.807) is 4.90 Å². The van der Waals surface area contributed by atoms with E-state index >= 15 is 0 Å². The van der Waals surface area contributed by atoms with Crippen LogP contribution in [-0.4, -0.2) is 35.0 Å². The lowest BCUT2D eigenvalue weighted by atomic mass is 10.0. The van der Waals surface area contributed by atoms with Gasteiger partial charge in [0, 0.05) is 19.5 Å². The Kier molecular flexibility index (Phi) is 5.46. The normalized spacial score (nSPS) is 18.2. The van der Waals surface area contributed by atoms with Crippen molar-refractivity contribution in [2.75, 3.05) is 13.2 Å². The average Bonchev–Trinajstić information content (AvgIpc) is 3.02. The highest BCUT2D eigenvalue weighted by molar-refractivity contribution is 5.89. The number of nitrogens with zero attached hydrogens (tertiary/aromatic N) is 1. The monoisotopic (exact) mass is 338 g/mol. The minimum atomic E-state index is -0.452. The molecule has 3 rings (SSSR count). The molecule has 1 aliphatic heterocycles. The lowest BCUT2D eigenvalue weighted by molar-refractivity contribution is -0.129. The molecule has 0 spiro atoms. The van der Waals surface area contributed by atoms with Crippen molar-refractivity contribution < 1.29 is 14.7 Å². The van der Waals surface area contributed by atoms with E-state index in [1.807, 2.05) is 60.7 Å². The van der Waals surface area contributed by atoms with Gasteiger partial charge in [0.15, 0.2) is 0 Å². The van der Waals surface area contributed by atoms with Crippen LogP contribution in [0.4, 0.5) is 0 Å². The highest BCUT2D eigenvalue weighted by Crippen LogP contribution is 2.22. The lowest BCUT2D eigenvalue weighted by Gasteiger charge is -2.20. The van der Waals surface area contributed by atoms with E-state index in [0.717, 1.165) is 11.1 Å². The van der Waals surface area contributed by atoms with Gasteiger partial charge in [-0.25, -0.2) is 0 Å². The van der Waals surface area contributed by atoms with E-state index in [-0.39, 0.29) is 30.8 Å². The third-order valence-electron chi connectivity index (χ3n) is 4.50. The third-order valence-corrected chi connectivity index (χ3v) is 4.50. The van der Waals surface area contributed by atoms with Crippen LogP contribution < -0.4 is 5.32 Å². The van der Waals surface area contributed by atoms with Crippen LogP contribution in [0, 0.1) is 5.92 Å². The molecule has 25 heavy (non-hydrogen) atoms. The quantitative estimate of drug-likeness (QED) is 0.845. The molecule has 2 N–H and O–H groups in total. The van der Waals surface area contributed by atoms with Crippen LogP contribution in [0.2, 0.25) is 0 Å². The number of hydrogen-bond acceptors (Lipinski definition) is 3. The molecular formula is C20H22N2O3. The molecule has 130 valence electrons. The van der Waals surface area contributed by atoms with Crippen LogP contribution >= 0.6 is 0 Å². The molecule has 0 aliphatic carbocycles. The first kappa shape index (κ1) is 17.2. The first-order valence-corrected chi connectivity index (χ1v) is 8.45. The van der Waals surface area contributed by atoms with Gasteiger partial charge in [0.05, 0.1) is 18.6 Å². The minimum absolute atomic E-state index is 0.00994. The molecule has 0 saturated carbocycles. The third kappa shape index (κ3) is 4.25. The zero-order chi connectivity index (χ0) is 17.6. The fourth-order valence-corrected chi connectivity index (χ4v) is 3.11. The molecule has 0 bridgehead atoms. The van der Waals surface area contributed by atoms with E-state index < -0.39 is 6.04 Å². The van der Waals surface area contributed by atoms with Gasteiger partial charge in [-0.1, -0.05) is 60.7 Å². The van der Waals surface area contributed by atoms with E-state index in [2.05, 4.69) is 5.32 Å². The maximum Gasteiger partial charge on any atom is 0.225 e. The van der Waals surface area contributed by atoms with Crippen molar-refractivity contribution in [3.05, 3.63) is 71.8 Å². The number of aliphatic hydroxyl groups excluding tert-OH is 1. The number of hydrogen-bond donors (Lipinski definition) is 2. The zero-order valence-corrected chi connectivity index (χ0v) is 14.0. The van der Waals surface area contributed by atoms with Crippen molar-refractivity contribution >= 4 is 11.8 Å². The van der Waals surface area contributed by atoms with Crippen molar-refractivity contribution in [3.63, 3.8) is 0 Å². The van der Waals surface area contributed by atoms with Crippen molar-refractivity contribution in [2.45, 2.75) is 19.0 Å². The van der Waals surface area contributed by atoms with Crippen LogP contribution in [0.25, 0.3) is 0 Å². The second kappa shape index (κ2) is 7.94. The Hall–Kier alpha value is -2.66. The second-order valence-electron chi connectivity index (χ2n) is 6.32. The summed E-state index contributed by atoms with van der Waals surface area (Å²) in [5, 5.41) is 12.4.